The first-order chi connectivity index (χ1) is 8.89. The van der Waals surface area contributed by atoms with Gasteiger partial charge in [-0.05, 0) is 29.3 Å². The molecule has 7 heteroatoms. The number of hydrogen-bond acceptors (Lipinski definition) is 2. The van der Waals surface area contributed by atoms with Crippen molar-refractivity contribution in [1.29, 1.82) is 0 Å². The molecule has 1 atom stereocenters. The Morgan fingerprint density at radius 3 is 2.37 bits per heavy atom. The highest BCUT2D eigenvalue weighted by Crippen LogP contribution is 2.38. The van der Waals surface area contributed by atoms with Crippen molar-refractivity contribution in [3.8, 4) is 0 Å². The lowest BCUT2D eigenvalue weighted by Gasteiger charge is -2.16. The summed E-state index contributed by atoms with van der Waals surface area (Å²) >= 11 is 11.1. The summed E-state index contributed by atoms with van der Waals surface area (Å²) in [5, 5.41) is -4.59. The van der Waals surface area contributed by atoms with Crippen molar-refractivity contribution in [2.24, 2.45) is 0 Å². The number of aromatic nitrogens is 2. The third-order valence-corrected chi connectivity index (χ3v) is 3.11. The Hall–Kier alpha value is -1.33. The molecule has 2 nitrogen and oxygen atoms in total. The third kappa shape index (κ3) is 3.16. The molecule has 2 aromatic rings. The number of alkyl halides is 4. The van der Waals surface area contributed by atoms with Gasteiger partial charge in [-0.3, -0.25) is 0 Å². The van der Waals surface area contributed by atoms with E-state index in [0.717, 1.165) is 6.33 Å². The maximum absolute atomic E-state index is 13.2. The van der Waals surface area contributed by atoms with Crippen molar-refractivity contribution >= 4 is 23.2 Å². The van der Waals surface area contributed by atoms with Crippen LogP contribution in [-0.4, -0.2) is 9.97 Å². The minimum absolute atomic E-state index is 0.0178. The van der Waals surface area contributed by atoms with Crippen LogP contribution in [0.3, 0.4) is 0 Å². The molecule has 100 valence electrons. The van der Waals surface area contributed by atoms with Crippen LogP contribution in [0.5, 0.6) is 0 Å². The van der Waals surface area contributed by atoms with E-state index in [0.29, 0.717) is 5.56 Å². The SMILES string of the molecule is Fc1ccc(C(Cl)c2cncnc2C(F)(F)Cl)cc1. The first-order valence-corrected chi connectivity index (χ1v) is 5.97. The van der Waals surface area contributed by atoms with Gasteiger partial charge in [-0.1, -0.05) is 12.1 Å². The fourth-order valence-electron chi connectivity index (χ4n) is 1.57. The first kappa shape index (κ1) is 14.1. The molecule has 0 aliphatic rings. The lowest BCUT2D eigenvalue weighted by molar-refractivity contribution is 0.0887. The van der Waals surface area contributed by atoms with Gasteiger partial charge in [0, 0.05) is 11.8 Å². The highest BCUT2D eigenvalue weighted by Gasteiger charge is 2.35. The second kappa shape index (κ2) is 5.35. The Bertz CT molecular complexity index is 570. The summed E-state index contributed by atoms with van der Waals surface area (Å²) in [4.78, 5) is 7.12. The Morgan fingerprint density at radius 2 is 1.79 bits per heavy atom. The van der Waals surface area contributed by atoms with Crippen LogP contribution in [0.25, 0.3) is 0 Å². The molecule has 2 rings (SSSR count). The quantitative estimate of drug-likeness (QED) is 0.793. The van der Waals surface area contributed by atoms with Crippen LogP contribution < -0.4 is 0 Å². The topological polar surface area (TPSA) is 25.8 Å². The molecule has 0 spiro atoms. The molecule has 0 radical (unpaired) electrons. The number of nitrogens with zero attached hydrogens (tertiary/aromatic N) is 2. The Kier molecular flexibility index (Phi) is 3.96. The van der Waals surface area contributed by atoms with Crippen LogP contribution >= 0.6 is 23.2 Å². The molecule has 0 bridgehead atoms. The van der Waals surface area contributed by atoms with Crippen molar-refractivity contribution in [3.63, 3.8) is 0 Å². The normalized spacial score (nSPS) is 13.3. The molecule has 0 fully saturated rings. The fourth-order valence-corrected chi connectivity index (χ4v) is 2.04. The van der Waals surface area contributed by atoms with Gasteiger partial charge in [0.05, 0.1) is 5.38 Å². The van der Waals surface area contributed by atoms with Gasteiger partial charge in [-0.15, -0.1) is 11.6 Å². The number of hydrogen-bond donors (Lipinski definition) is 0. The first-order valence-electron chi connectivity index (χ1n) is 5.16. The lowest BCUT2D eigenvalue weighted by atomic mass is 10.0. The second-order valence-electron chi connectivity index (χ2n) is 3.74. The molecule has 19 heavy (non-hydrogen) atoms. The van der Waals surface area contributed by atoms with Gasteiger partial charge in [0.1, 0.15) is 17.8 Å². The molecule has 0 N–H and O–H groups in total. The molecule has 0 aliphatic heterocycles. The minimum Gasteiger partial charge on any atom is -0.244 e. The van der Waals surface area contributed by atoms with E-state index < -0.39 is 22.3 Å². The molecule has 1 heterocycles. The molecule has 0 saturated heterocycles. The molecule has 0 aliphatic carbocycles. The van der Waals surface area contributed by atoms with Crippen molar-refractivity contribution in [2.75, 3.05) is 0 Å². The van der Waals surface area contributed by atoms with E-state index in [-0.39, 0.29) is 5.56 Å². The minimum atomic E-state index is -3.65. The fraction of sp³-hybridized carbons (Fsp3) is 0.167. The number of benzene rings is 1. The maximum atomic E-state index is 13.2. The molecular weight excluding hydrogens is 300 g/mol. The average molecular weight is 307 g/mol. The smallest absolute Gasteiger partial charge is 0.244 e. The molecule has 0 saturated carbocycles. The van der Waals surface area contributed by atoms with Gasteiger partial charge in [0.25, 0.3) is 0 Å². The van der Waals surface area contributed by atoms with E-state index >= 15 is 0 Å². The number of halogens is 5. The van der Waals surface area contributed by atoms with E-state index in [1.165, 1.54) is 30.5 Å². The zero-order chi connectivity index (χ0) is 14.0. The van der Waals surface area contributed by atoms with Gasteiger partial charge in [-0.25, -0.2) is 14.4 Å². The maximum Gasteiger partial charge on any atom is 0.365 e. The monoisotopic (exact) mass is 306 g/mol. The summed E-state index contributed by atoms with van der Waals surface area (Å²) < 4.78 is 39.2. The van der Waals surface area contributed by atoms with Gasteiger partial charge in [0.15, 0.2) is 0 Å². The van der Waals surface area contributed by atoms with Crippen molar-refractivity contribution in [2.45, 2.75) is 10.8 Å². The van der Waals surface area contributed by atoms with E-state index in [2.05, 4.69) is 9.97 Å². The summed E-state index contributed by atoms with van der Waals surface area (Å²) in [6, 6.07) is 5.17. The highest BCUT2D eigenvalue weighted by atomic mass is 35.5. The average Bonchev–Trinajstić information content (AvgIpc) is 2.38. The van der Waals surface area contributed by atoms with Crippen LogP contribution in [-0.2, 0) is 5.38 Å². The second-order valence-corrected chi connectivity index (χ2v) is 4.65. The zero-order valence-electron chi connectivity index (χ0n) is 9.33. The van der Waals surface area contributed by atoms with Gasteiger partial charge in [-0.2, -0.15) is 8.78 Å². The van der Waals surface area contributed by atoms with Gasteiger partial charge in [0.2, 0.25) is 0 Å². The van der Waals surface area contributed by atoms with Crippen LogP contribution in [0.4, 0.5) is 13.2 Å². The molecule has 1 aromatic heterocycles. The summed E-state index contributed by atoms with van der Waals surface area (Å²) in [6.07, 6.45) is 2.13. The van der Waals surface area contributed by atoms with Crippen molar-refractivity contribution < 1.29 is 13.2 Å². The van der Waals surface area contributed by atoms with Crippen molar-refractivity contribution in [1.82, 2.24) is 9.97 Å². The van der Waals surface area contributed by atoms with E-state index in [1.807, 2.05) is 0 Å². The van der Waals surface area contributed by atoms with Crippen LogP contribution in [0.1, 0.15) is 22.2 Å². The Morgan fingerprint density at radius 1 is 1.16 bits per heavy atom. The van der Waals surface area contributed by atoms with Crippen LogP contribution in [0.15, 0.2) is 36.8 Å². The third-order valence-electron chi connectivity index (χ3n) is 2.44. The summed E-state index contributed by atoms with van der Waals surface area (Å²) in [6.45, 7) is 0. The largest absolute Gasteiger partial charge is 0.365 e. The number of rotatable bonds is 3. The highest BCUT2D eigenvalue weighted by molar-refractivity contribution is 6.24. The Balaban J connectivity index is 2.44. The van der Waals surface area contributed by atoms with E-state index in [1.54, 1.807) is 0 Å². The summed E-state index contributed by atoms with van der Waals surface area (Å²) in [7, 11) is 0. The van der Waals surface area contributed by atoms with Crippen molar-refractivity contribution in [3.05, 3.63) is 59.4 Å². The molecular formula is C12H7Cl2F3N2. The van der Waals surface area contributed by atoms with E-state index in [9.17, 15) is 13.2 Å². The van der Waals surface area contributed by atoms with E-state index in [4.69, 9.17) is 23.2 Å². The summed E-state index contributed by atoms with van der Waals surface area (Å²) in [5.41, 5.74) is -0.232. The lowest BCUT2D eigenvalue weighted by Crippen LogP contribution is -2.12. The Labute approximate surface area is 117 Å². The van der Waals surface area contributed by atoms with Crippen LogP contribution in [0, 0.1) is 5.82 Å². The summed E-state index contributed by atoms with van der Waals surface area (Å²) in [5.74, 6) is -0.445. The van der Waals surface area contributed by atoms with Crippen LogP contribution in [0.2, 0.25) is 0 Å². The molecule has 1 aromatic carbocycles. The van der Waals surface area contributed by atoms with Gasteiger partial charge < -0.3 is 0 Å². The standard InChI is InChI=1S/C12H7Cl2F3N2/c13-10(7-1-3-8(15)4-2-7)9-5-18-6-19-11(9)12(14,16)17/h1-6,10H. The zero-order valence-corrected chi connectivity index (χ0v) is 10.8. The predicted octanol–water partition coefficient (Wildman–Crippen LogP) is 4.23. The predicted molar refractivity (Wildman–Crippen MR) is 65.9 cm³/mol. The molecule has 0 amide bonds. The van der Waals surface area contributed by atoms with Gasteiger partial charge >= 0.3 is 5.38 Å². The molecule has 1 unspecified atom stereocenters.